The summed E-state index contributed by atoms with van der Waals surface area (Å²) in [5.74, 6) is -0.0879. The third-order valence-electron chi connectivity index (χ3n) is 4.08. The summed E-state index contributed by atoms with van der Waals surface area (Å²) >= 11 is 0. The maximum Gasteiger partial charge on any atom is 0.254 e. The predicted molar refractivity (Wildman–Crippen MR) is 103 cm³/mol. The Balaban J connectivity index is 1.49. The molecule has 0 radical (unpaired) electrons. The first-order valence-corrected chi connectivity index (χ1v) is 8.75. The van der Waals surface area contributed by atoms with Crippen LogP contribution in [-0.4, -0.2) is 22.4 Å². The van der Waals surface area contributed by atoms with Gasteiger partial charge in [0.25, 0.3) is 5.91 Å². The quantitative estimate of drug-likeness (QED) is 0.673. The molecular formula is C21H21FN4O. The fraction of sp³-hybridized carbons (Fsp3) is 0.190. The normalized spacial score (nSPS) is 10.4. The number of carbonyl (C=O) groups is 1. The molecule has 1 aromatic heterocycles. The first kappa shape index (κ1) is 18.5. The van der Waals surface area contributed by atoms with Gasteiger partial charge in [0.15, 0.2) is 0 Å². The van der Waals surface area contributed by atoms with Gasteiger partial charge in [0, 0.05) is 25.5 Å². The molecule has 0 saturated carbocycles. The van der Waals surface area contributed by atoms with Gasteiger partial charge in [-0.1, -0.05) is 48.0 Å². The number of carbonyl (C=O) groups excluding carboxylic acids is 1. The van der Waals surface area contributed by atoms with Gasteiger partial charge >= 0.3 is 0 Å². The summed E-state index contributed by atoms with van der Waals surface area (Å²) in [6.45, 7) is 2.99. The Morgan fingerprint density at radius 3 is 2.59 bits per heavy atom. The van der Waals surface area contributed by atoms with Crippen molar-refractivity contribution >= 4 is 11.9 Å². The lowest BCUT2D eigenvalue weighted by Gasteiger charge is -2.08. The first-order chi connectivity index (χ1) is 13.1. The SMILES string of the molecule is Cc1cccc(CNc2ncc(C(=O)NCCc3ccccc3F)cn2)c1. The lowest BCUT2D eigenvalue weighted by Crippen LogP contribution is -2.26. The van der Waals surface area contributed by atoms with Crippen molar-refractivity contribution in [1.29, 1.82) is 0 Å². The third-order valence-corrected chi connectivity index (χ3v) is 4.08. The van der Waals surface area contributed by atoms with Crippen molar-refractivity contribution in [3.63, 3.8) is 0 Å². The van der Waals surface area contributed by atoms with E-state index in [-0.39, 0.29) is 11.7 Å². The number of nitrogens with zero attached hydrogens (tertiary/aromatic N) is 2. The van der Waals surface area contributed by atoms with Gasteiger partial charge in [0.1, 0.15) is 5.82 Å². The van der Waals surface area contributed by atoms with Gasteiger partial charge in [-0.15, -0.1) is 0 Å². The molecule has 0 spiro atoms. The van der Waals surface area contributed by atoms with Crippen molar-refractivity contribution in [2.24, 2.45) is 0 Å². The Bertz CT molecular complexity index is 912. The number of nitrogens with one attached hydrogen (secondary N) is 2. The molecule has 6 heteroatoms. The van der Waals surface area contributed by atoms with Gasteiger partial charge in [-0.25, -0.2) is 14.4 Å². The van der Waals surface area contributed by atoms with Crippen LogP contribution in [0.1, 0.15) is 27.0 Å². The van der Waals surface area contributed by atoms with Crippen LogP contribution < -0.4 is 10.6 Å². The van der Waals surface area contributed by atoms with E-state index in [0.717, 1.165) is 5.56 Å². The molecule has 0 saturated heterocycles. The van der Waals surface area contributed by atoms with Crippen LogP contribution in [0, 0.1) is 12.7 Å². The van der Waals surface area contributed by atoms with Crippen molar-refractivity contribution in [2.45, 2.75) is 19.9 Å². The minimum atomic E-state index is -0.281. The number of anilines is 1. The van der Waals surface area contributed by atoms with Crippen LogP contribution in [0.4, 0.5) is 10.3 Å². The second-order valence-electron chi connectivity index (χ2n) is 6.24. The lowest BCUT2D eigenvalue weighted by molar-refractivity contribution is 0.0953. The van der Waals surface area contributed by atoms with Crippen LogP contribution in [-0.2, 0) is 13.0 Å². The molecule has 0 bridgehead atoms. The van der Waals surface area contributed by atoms with Crippen molar-refractivity contribution in [1.82, 2.24) is 15.3 Å². The van der Waals surface area contributed by atoms with E-state index in [9.17, 15) is 9.18 Å². The van der Waals surface area contributed by atoms with Crippen LogP contribution in [0.15, 0.2) is 60.9 Å². The Morgan fingerprint density at radius 2 is 1.85 bits per heavy atom. The molecule has 0 unspecified atom stereocenters. The number of halogens is 1. The Labute approximate surface area is 157 Å². The van der Waals surface area contributed by atoms with E-state index in [0.29, 0.717) is 36.6 Å². The van der Waals surface area contributed by atoms with Crippen molar-refractivity contribution in [2.75, 3.05) is 11.9 Å². The van der Waals surface area contributed by atoms with Crippen LogP contribution >= 0.6 is 0 Å². The smallest absolute Gasteiger partial charge is 0.254 e. The lowest BCUT2D eigenvalue weighted by atomic mass is 10.1. The summed E-state index contributed by atoms with van der Waals surface area (Å²) in [5.41, 5.74) is 3.26. The third kappa shape index (κ3) is 5.34. The highest BCUT2D eigenvalue weighted by Gasteiger charge is 2.08. The zero-order valence-electron chi connectivity index (χ0n) is 15.1. The Kier molecular flexibility index (Phi) is 6.10. The number of aromatic nitrogens is 2. The highest BCUT2D eigenvalue weighted by molar-refractivity contribution is 5.93. The molecule has 3 rings (SSSR count). The van der Waals surface area contributed by atoms with Crippen molar-refractivity contribution in [3.8, 4) is 0 Å². The van der Waals surface area contributed by atoms with Crippen molar-refractivity contribution < 1.29 is 9.18 Å². The van der Waals surface area contributed by atoms with Gasteiger partial charge in [-0.2, -0.15) is 0 Å². The number of rotatable bonds is 7. The number of hydrogen-bond acceptors (Lipinski definition) is 4. The summed E-state index contributed by atoms with van der Waals surface area (Å²) in [7, 11) is 0. The molecule has 3 aromatic rings. The van der Waals surface area contributed by atoms with Gasteiger partial charge in [0.05, 0.1) is 5.56 Å². The summed E-state index contributed by atoms with van der Waals surface area (Å²) in [5, 5.41) is 5.88. The summed E-state index contributed by atoms with van der Waals surface area (Å²) in [6.07, 6.45) is 3.38. The molecule has 5 nitrogen and oxygen atoms in total. The number of benzene rings is 2. The maximum absolute atomic E-state index is 13.6. The van der Waals surface area contributed by atoms with E-state index in [2.05, 4.69) is 26.7 Å². The molecule has 2 aromatic carbocycles. The summed E-state index contributed by atoms with van der Waals surface area (Å²) < 4.78 is 13.6. The van der Waals surface area contributed by atoms with Crippen molar-refractivity contribution in [3.05, 3.63) is 89.0 Å². The van der Waals surface area contributed by atoms with Crippen LogP contribution in [0.5, 0.6) is 0 Å². The van der Waals surface area contributed by atoms with Crippen LogP contribution in [0.2, 0.25) is 0 Å². The topological polar surface area (TPSA) is 66.9 Å². The molecule has 1 heterocycles. The molecular weight excluding hydrogens is 343 g/mol. The van der Waals surface area contributed by atoms with Gasteiger partial charge in [-0.3, -0.25) is 4.79 Å². The van der Waals surface area contributed by atoms with Gasteiger partial charge in [0.2, 0.25) is 5.95 Å². The minimum absolute atomic E-state index is 0.265. The predicted octanol–water partition coefficient (Wildman–Crippen LogP) is 3.51. The van der Waals surface area contributed by atoms with Gasteiger partial charge in [-0.05, 0) is 30.5 Å². The maximum atomic E-state index is 13.6. The zero-order chi connectivity index (χ0) is 19.1. The van der Waals surface area contributed by atoms with E-state index in [1.54, 1.807) is 18.2 Å². The monoisotopic (exact) mass is 364 g/mol. The fourth-order valence-corrected chi connectivity index (χ4v) is 2.65. The fourth-order valence-electron chi connectivity index (χ4n) is 2.65. The summed E-state index contributed by atoms with van der Waals surface area (Å²) in [4.78, 5) is 20.5. The number of hydrogen-bond donors (Lipinski definition) is 2. The molecule has 0 fully saturated rings. The van der Waals surface area contributed by atoms with E-state index in [1.165, 1.54) is 24.0 Å². The molecule has 0 aliphatic heterocycles. The second kappa shape index (κ2) is 8.89. The molecule has 1 amide bonds. The van der Waals surface area contributed by atoms with Crippen LogP contribution in [0.25, 0.3) is 0 Å². The van der Waals surface area contributed by atoms with E-state index < -0.39 is 0 Å². The Hall–Kier alpha value is -3.28. The molecule has 0 aliphatic carbocycles. The van der Waals surface area contributed by atoms with Gasteiger partial charge < -0.3 is 10.6 Å². The highest BCUT2D eigenvalue weighted by Crippen LogP contribution is 2.08. The molecule has 0 aliphatic rings. The zero-order valence-corrected chi connectivity index (χ0v) is 15.1. The summed E-state index contributed by atoms with van der Waals surface area (Å²) in [6, 6.07) is 14.7. The molecule has 2 N–H and O–H groups in total. The second-order valence-corrected chi connectivity index (χ2v) is 6.24. The number of aryl methyl sites for hydroxylation is 1. The highest BCUT2D eigenvalue weighted by atomic mass is 19.1. The Morgan fingerprint density at radius 1 is 1.07 bits per heavy atom. The van der Waals surface area contributed by atoms with E-state index in [1.807, 2.05) is 25.1 Å². The number of amides is 1. The molecule has 0 atom stereocenters. The standard InChI is InChI=1S/C21H21FN4O/c1-15-5-4-6-16(11-15)12-24-21-25-13-18(14-26-21)20(27)23-10-9-17-7-2-3-8-19(17)22/h2-8,11,13-14H,9-10,12H2,1H3,(H,23,27)(H,24,25,26). The first-order valence-electron chi connectivity index (χ1n) is 8.75. The van der Waals surface area contributed by atoms with Crippen LogP contribution in [0.3, 0.4) is 0 Å². The average Bonchev–Trinajstić information content (AvgIpc) is 2.68. The minimum Gasteiger partial charge on any atom is -0.352 e. The largest absolute Gasteiger partial charge is 0.352 e. The molecule has 27 heavy (non-hydrogen) atoms. The average molecular weight is 364 g/mol. The van der Waals surface area contributed by atoms with E-state index >= 15 is 0 Å². The molecule has 138 valence electrons. The van der Waals surface area contributed by atoms with E-state index in [4.69, 9.17) is 0 Å².